The number of alkyl halides is 3. The number of hydrogen-bond donors (Lipinski definition) is 2. The van der Waals surface area contributed by atoms with Crippen molar-refractivity contribution in [3.05, 3.63) is 47.9 Å². The number of hydrogen-bond acceptors (Lipinski definition) is 5. The molecule has 1 amide bonds. The van der Waals surface area contributed by atoms with Gasteiger partial charge in [0.1, 0.15) is 11.4 Å². The molecular formula is C24H27F3N4O3. The number of aliphatic hydroxyl groups excluding tert-OH is 1. The van der Waals surface area contributed by atoms with Gasteiger partial charge in [-0.2, -0.15) is 18.3 Å². The van der Waals surface area contributed by atoms with Crippen LogP contribution in [-0.2, 0) is 6.18 Å². The Labute approximate surface area is 194 Å². The highest BCUT2D eigenvalue weighted by molar-refractivity contribution is 6.06. The average Bonchev–Trinajstić information content (AvgIpc) is 3.21. The van der Waals surface area contributed by atoms with E-state index in [0.29, 0.717) is 11.7 Å². The van der Waals surface area contributed by atoms with E-state index in [0.717, 1.165) is 54.9 Å². The van der Waals surface area contributed by atoms with Crippen molar-refractivity contribution in [1.29, 1.82) is 0 Å². The van der Waals surface area contributed by atoms with Crippen molar-refractivity contribution in [3.63, 3.8) is 0 Å². The number of aliphatic hydroxyl groups is 1. The second kappa shape index (κ2) is 9.61. The molecule has 0 bridgehead atoms. The van der Waals surface area contributed by atoms with Crippen molar-refractivity contribution < 1.29 is 27.8 Å². The summed E-state index contributed by atoms with van der Waals surface area (Å²) in [5.74, 6) is -0.324. The largest absolute Gasteiger partial charge is 0.489 e. The molecule has 3 aromatic rings. The molecule has 0 unspecified atom stereocenters. The van der Waals surface area contributed by atoms with Crippen LogP contribution in [0.15, 0.2) is 36.7 Å². The lowest BCUT2D eigenvalue weighted by Gasteiger charge is -2.28. The molecule has 0 saturated heterocycles. The summed E-state index contributed by atoms with van der Waals surface area (Å²) in [6.45, 7) is 3.84. The van der Waals surface area contributed by atoms with Crippen molar-refractivity contribution in [2.24, 2.45) is 5.92 Å². The molecule has 1 aliphatic rings. The third-order valence-electron chi connectivity index (χ3n) is 6.06. The molecule has 7 nitrogen and oxygen atoms in total. The predicted molar refractivity (Wildman–Crippen MR) is 121 cm³/mol. The minimum Gasteiger partial charge on any atom is -0.489 e. The second-order valence-corrected chi connectivity index (χ2v) is 8.87. The minimum atomic E-state index is -4.71. The van der Waals surface area contributed by atoms with Gasteiger partial charge in [0, 0.05) is 24.3 Å². The van der Waals surface area contributed by atoms with E-state index in [-0.39, 0.29) is 24.4 Å². The van der Waals surface area contributed by atoms with Gasteiger partial charge in [0.25, 0.3) is 5.91 Å². The van der Waals surface area contributed by atoms with Gasteiger partial charge in [0.15, 0.2) is 0 Å². The molecule has 0 aliphatic heterocycles. The zero-order chi connectivity index (χ0) is 24.5. The second-order valence-electron chi connectivity index (χ2n) is 8.87. The maximum atomic E-state index is 13.4. The Kier molecular flexibility index (Phi) is 6.79. The number of benzene rings is 1. The van der Waals surface area contributed by atoms with Crippen molar-refractivity contribution >= 4 is 22.5 Å². The first-order valence-electron chi connectivity index (χ1n) is 11.3. The maximum Gasteiger partial charge on any atom is 0.418 e. The number of nitrogens with one attached hydrogen (secondary N) is 1. The smallest absolute Gasteiger partial charge is 0.418 e. The van der Waals surface area contributed by atoms with Crippen LogP contribution in [0.5, 0.6) is 5.75 Å². The summed E-state index contributed by atoms with van der Waals surface area (Å²) in [6, 6.07) is 5.56. The summed E-state index contributed by atoms with van der Waals surface area (Å²) in [6.07, 6.45) is 1.48. The first kappa shape index (κ1) is 24.0. The summed E-state index contributed by atoms with van der Waals surface area (Å²) >= 11 is 0. The number of carbonyl (C=O) groups is 1. The van der Waals surface area contributed by atoms with Gasteiger partial charge in [0.2, 0.25) is 0 Å². The third-order valence-corrected chi connectivity index (χ3v) is 6.06. The number of fused-ring (bicyclic) bond motifs is 1. The molecule has 182 valence electrons. The predicted octanol–water partition coefficient (Wildman–Crippen LogP) is 5.21. The molecule has 10 heteroatoms. The molecule has 0 atom stereocenters. The van der Waals surface area contributed by atoms with Crippen molar-refractivity contribution in [2.45, 2.75) is 57.9 Å². The highest BCUT2D eigenvalue weighted by Crippen LogP contribution is 2.37. The molecule has 2 N–H and O–H groups in total. The van der Waals surface area contributed by atoms with Gasteiger partial charge in [-0.15, -0.1) is 0 Å². The van der Waals surface area contributed by atoms with Crippen LogP contribution in [0.4, 0.5) is 18.9 Å². The van der Waals surface area contributed by atoms with Crippen LogP contribution in [0.2, 0.25) is 0 Å². The van der Waals surface area contributed by atoms with Crippen LogP contribution in [0.3, 0.4) is 0 Å². The van der Waals surface area contributed by atoms with Crippen molar-refractivity contribution in [2.75, 3.05) is 11.9 Å². The number of carbonyl (C=O) groups excluding carboxylic acids is 1. The molecule has 34 heavy (non-hydrogen) atoms. The van der Waals surface area contributed by atoms with Crippen LogP contribution >= 0.6 is 0 Å². The van der Waals surface area contributed by atoms with Crippen LogP contribution in [0.1, 0.15) is 61.6 Å². The lowest BCUT2D eigenvalue weighted by atomic mass is 9.86. The Morgan fingerprint density at radius 1 is 1.26 bits per heavy atom. The van der Waals surface area contributed by atoms with Gasteiger partial charge in [-0.3, -0.25) is 14.5 Å². The molecule has 0 radical (unpaired) electrons. The lowest BCUT2D eigenvalue weighted by molar-refractivity contribution is -0.138. The van der Waals surface area contributed by atoms with E-state index >= 15 is 0 Å². The number of anilines is 1. The molecule has 1 aliphatic carbocycles. The third kappa shape index (κ3) is 5.01. The molecule has 2 aromatic heterocycles. The first-order chi connectivity index (χ1) is 16.2. The topological polar surface area (TPSA) is 89.3 Å². The van der Waals surface area contributed by atoms with E-state index in [9.17, 15) is 23.1 Å². The zero-order valence-corrected chi connectivity index (χ0v) is 19.0. The van der Waals surface area contributed by atoms with Gasteiger partial charge in [-0.1, -0.05) is 0 Å². The quantitative estimate of drug-likeness (QED) is 0.510. The number of ether oxygens (including phenoxy) is 1. The van der Waals surface area contributed by atoms with Crippen LogP contribution < -0.4 is 10.1 Å². The van der Waals surface area contributed by atoms with Crippen molar-refractivity contribution in [3.8, 4) is 5.75 Å². The van der Waals surface area contributed by atoms with Gasteiger partial charge in [0.05, 0.1) is 35.1 Å². The van der Waals surface area contributed by atoms with Gasteiger partial charge >= 0.3 is 6.18 Å². The molecule has 1 fully saturated rings. The van der Waals surface area contributed by atoms with E-state index in [4.69, 9.17) is 4.74 Å². The Bertz CT molecular complexity index is 1170. The Hall–Kier alpha value is -3.14. The number of pyridine rings is 1. The summed E-state index contributed by atoms with van der Waals surface area (Å²) in [5.41, 5.74) is -0.753. The number of rotatable bonds is 6. The molecular weight excluding hydrogens is 449 g/mol. The molecule has 1 aromatic carbocycles. The lowest BCUT2D eigenvalue weighted by Crippen LogP contribution is -2.21. The molecule has 1 saturated carbocycles. The fourth-order valence-corrected chi connectivity index (χ4v) is 4.38. The van der Waals surface area contributed by atoms with Crippen LogP contribution in [-0.4, -0.2) is 38.5 Å². The van der Waals surface area contributed by atoms with E-state index < -0.39 is 23.3 Å². The minimum absolute atomic E-state index is 0.176. The Balaban J connectivity index is 1.67. The van der Waals surface area contributed by atoms with E-state index in [1.807, 2.05) is 18.5 Å². The Morgan fingerprint density at radius 3 is 2.65 bits per heavy atom. The monoisotopic (exact) mass is 476 g/mol. The van der Waals surface area contributed by atoms with E-state index in [1.165, 1.54) is 0 Å². The molecule has 4 rings (SSSR count). The summed E-state index contributed by atoms with van der Waals surface area (Å²) in [4.78, 5) is 16.5. The van der Waals surface area contributed by atoms with Gasteiger partial charge in [-0.05, 0) is 63.6 Å². The average molecular weight is 476 g/mol. The first-order valence-corrected chi connectivity index (χ1v) is 11.3. The van der Waals surface area contributed by atoms with Crippen LogP contribution in [0.25, 0.3) is 10.9 Å². The highest BCUT2D eigenvalue weighted by atomic mass is 19.4. The standard InChI is InChI=1S/C24H27F3N4O3/c1-14(2)34-21-11-20-16(12-29-31(20)17-7-5-15(13-32)6-8-17)10-19(21)30-23(33)22-18(24(25,26)27)4-3-9-28-22/h3-4,9-12,14-15,17,32H,5-8,13H2,1-2H3,(H,30,33). The van der Waals surface area contributed by atoms with E-state index in [2.05, 4.69) is 15.4 Å². The zero-order valence-electron chi connectivity index (χ0n) is 19.0. The summed E-state index contributed by atoms with van der Waals surface area (Å²) in [7, 11) is 0. The van der Waals surface area contributed by atoms with Crippen LogP contribution in [0, 0.1) is 5.92 Å². The fourth-order valence-electron chi connectivity index (χ4n) is 4.38. The molecule has 2 heterocycles. The number of nitrogens with zero attached hydrogens (tertiary/aromatic N) is 3. The van der Waals surface area contributed by atoms with Crippen molar-refractivity contribution in [1.82, 2.24) is 14.8 Å². The van der Waals surface area contributed by atoms with E-state index in [1.54, 1.807) is 18.3 Å². The van der Waals surface area contributed by atoms with Gasteiger partial charge in [-0.25, -0.2) is 0 Å². The summed E-state index contributed by atoms with van der Waals surface area (Å²) < 4.78 is 47.9. The molecule has 0 spiro atoms. The fraction of sp³-hybridized carbons (Fsp3) is 0.458. The highest BCUT2D eigenvalue weighted by Gasteiger charge is 2.36. The number of amides is 1. The normalized spacial score (nSPS) is 18.9. The SMILES string of the molecule is CC(C)Oc1cc2c(cnn2C2CCC(CO)CC2)cc1NC(=O)c1ncccc1C(F)(F)F. The van der Waals surface area contributed by atoms with Gasteiger partial charge < -0.3 is 15.2 Å². The number of halogens is 3. The maximum absolute atomic E-state index is 13.4. The Morgan fingerprint density at radius 2 is 2.00 bits per heavy atom. The number of aromatic nitrogens is 3. The summed E-state index contributed by atoms with van der Waals surface area (Å²) in [5, 5.41) is 17.2.